The van der Waals surface area contributed by atoms with Gasteiger partial charge in [0.25, 0.3) is 0 Å². The minimum absolute atomic E-state index is 0.154. The monoisotopic (exact) mass is 241 g/mol. The van der Waals surface area contributed by atoms with Gasteiger partial charge in [-0.25, -0.2) is 4.79 Å². The average molecular weight is 241 g/mol. The van der Waals surface area contributed by atoms with Gasteiger partial charge >= 0.3 is 5.69 Å². The van der Waals surface area contributed by atoms with Gasteiger partial charge in [0, 0.05) is 6.20 Å². The van der Waals surface area contributed by atoms with Crippen molar-refractivity contribution in [2.24, 2.45) is 0 Å². The van der Waals surface area contributed by atoms with Crippen LogP contribution in [0.1, 0.15) is 19.1 Å². The number of nitrogen functional groups attached to an aromatic ring is 1. The minimum atomic E-state index is -0.700. The van der Waals surface area contributed by atoms with Gasteiger partial charge in [-0.15, -0.1) is 0 Å². The number of nitrogens with two attached hydrogens (primary N) is 1. The summed E-state index contributed by atoms with van der Waals surface area (Å²) < 4.78 is 6.75. The van der Waals surface area contributed by atoms with E-state index in [0.717, 1.165) is 0 Å². The molecule has 0 saturated carbocycles. The number of aliphatic hydroxyl groups is 2. The molecule has 0 amide bonds. The van der Waals surface area contributed by atoms with E-state index in [1.807, 2.05) is 0 Å². The SMILES string of the molecule is Nc1ccn([C@H]2CC[C@H](O)[C@@H](CO)O2)c(=O)n1. The molecule has 17 heavy (non-hydrogen) atoms. The second-order valence-electron chi connectivity index (χ2n) is 4.00. The van der Waals surface area contributed by atoms with Crippen molar-refractivity contribution in [2.75, 3.05) is 12.3 Å². The maximum atomic E-state index is 11.6. The van der Waals surface area contributed by atoms with Crippen LogP contribution >= 0.6 is 0 Å². The summed E-state index contributed by atoms with van der Waals surface area (Å²) in [5.41, 5.74) is 4.89. The zero-order valence-corrected chi connectivity index (χ0v) is 9.19. The normalized spacial score (nSPS) is 29.2. The number of nitrogens with zero attached hydrogens (tertiary/aromatic N) is 2. The van der Waals surface area contributed by atoms with Crippen LogP contribution in [0, 0.1) is 0 Å². The van der Waals surface area contributed by atoms with E-state index < -0.39 is 24.1 Å². The predicted octanol–water partition coefficient (Wildman–Crippen LogP) is -1.14. The average Bonchev–Trinajstić information content (AvgIpc) is 2.30. The van der Waals surface area contributed by atoms with Gasteiger partial charge in [0.15, 0.2) is 0 Å². The lowest BCUT2D eigenvalue weighted by Crippen LogP contribution is -2.42. The summed E-state index contributed by atoms with van der Waals surface area (Å²) in [5.74, 6) is 0.154. The summed E-state index contributed by atoms with van der Waals surface area (Å²) in [6.07, 6.45) is 0.570. The number of hydrogen-bond donors (Lipinski definition) is 3. The number of hydrogen-bond acceptors (Lipinski definition) is 6. The summed E-state index contributed by atoms with van der Waals surface area (Å²) >= 11 is 0. The number of ether oxygens (including phenoxy) is 1. The molecule has 0 radical (unpaired) electrons. The zero-order chi connectivity index (χ0) is 12.4. The van der Waals surface area contributed by atoms with Gasteiger partial charge in [-0.1, -0.05) is 0 Å². The van der Waals surface area contributed by atoms with E-state index in [9.17, 15) is 9.90 Å². The highest BCUT2D eigenvalue weighted by molar-refractivity contribution is 5.23. The van der Waals surface area contributed by atoms with Crippen LogP contribution in [-0.4, -0.2) is 38.6 Å². The Bertz CT molecular complexity index is 447. The predicted molar refractivity (Wildman–Crippen MR) is 59.1 cm³/mol. The number of aromatic nitrogens is 2. The smallest absolute Gasteiger partial charge is 0.351 e. The van der Waals surface area contributed by atoms with Crippen molar-refractivity contribution in [3.8, 4) is 0 Å². The molecule has 2 heterocycles. The molecule has 1 aromatic rings. The second kappa shape index (κ2) is 4.82. The molecule has 7 nitrogen and oxygen atoms in total. The molecule has 0 spiro atoms. The third kappa shape index (κ3) is 2.46. The summed E-state index contributed by atoms with van der Waals surface area (Å²) in [6, 6.07) is 1.50. The van der Waals surface area contributed by atoms with Gasteiger partial charge < -0.3 is 20.7 Å². The third-order valence-corrected chi connectivity index (χ3v) is 2.81. The number of rotatable bonds is 2. The molecule has 3 atom stereocenters. The van der Waals surface area contributed by atoms with Crippen LogP contribution in [0.5, 0.6) is 0 Å². The van der Waals surface area contributed by atoms with E-state index in [-0.39, 0.29) is 12.4 Å². The molecule has 1 fully saturated rings. The first kappa shape index (κ1) is 12.0. The maximum Gasteiger partial charge on any atom is 0.351 e. The molecule has 0 bridgehead atoms. The number of anilines is 1. The van der Waals surface area contributed by atoms with Gasteiger partial charge in [-0.2, -0.15) is 4.98 Å². The molecule has 1 aromatic heterocycles. The van der Waals surface area contributed by atoms with Gasteiger partial charge in [0.2, 0.25) is 0 Å². The molecule has 0 aliphatic carbocycles. The van der Waals surface area contributed by atoms with Gasteiger partial charge in [-0.05, 0) is 18.9 Å². The molecule has 2 rings (SSSR count). The van der Waals surface area contributed by atoms with E-state index in [1.54, 1.807) is 0 Å². The first-order chi connectivity index (χ1) is 8.11. The van der Waals surface area contributed by atoms with Crippen molar-refractivity contribution in [1.82, 2.24) is 9.55 Å². The van der Waals surface area contributed by atoms with E-state index in [2.05, 4.69) is 4.98 Å². The molecule has 0 aromatic carbocycles. The lowest BCUT2D eigenvalue weighted by Gasteiger charge is -2.33. The van der Waals surface area contributed by atoms with Gasteiger partial charge in [0.05, 0.1) is 12.7 Å². The van der Waals surface area contributed by atoms with Crippen molar-refractivity contribution in [1.29, 1.82) is 0 Å². The van der Waals surface area contributed by atoms with E-state index in [0.29, 0.717) is 12.8 Å². The van der Waals surface area contributed by atoms with Crippen LogP contribution in [0.25, 0.3) is 0 Å². The van der Waals surface area contributed by atoms with Gasteiger partial charge in [0.1, 0.15) is 18.1 Å². The highest BCUT2D eigenvalue weighted by Crippen LogP contribution is 2.25. The summed E-state index contributed by atoms with van der Waals surface area (Å²) in [6.45, 7) is -0.283. The second-order valence-corrected chi connectivity index (χ2v) is 4.00. The van der Waals surface area contributed by atoms with Crippen molar-refractivity contribution in [2.45, 2.75) is 31.3 Å². The number of aliphatic hydroxyl groups excluding tert-OH is 2. The highest BCUT2D eigenvalue weighted by Gasteiger charge is 2.30. The van der Waals surface area contributed by atoms with Crippen LogP contribution in [0.15, 0.2) is 17.1 Å². The lowest BCUT2D eigenvalue weighted by molar-refractivity contribution is -0.160. The largest absolute Gasteiger partial charge is 0.394 e. The Labute approximate surface area is 97.5 Å². The van der Waals surface area contributed by atoms with Gasteiger partial charge in [-0.3, -0.25) is 4.57 Å². The lowest BCUT2D eigenvalue weighted by atomic mass is 10.0. The zero-order valence-electron chi connectivity index (χ0n) is 9.19. The Balaban J connectivity index is 2.20. The van der Waals surface area contributed by atoms with Crippen molar-refractivity contribution < 1.29 is 14.9 Å². The first-order valence-corrected chi connectivity index (χ1v) is 5.41. The Morgan fingerprint density at radius 3 is 3.00 bits per heavy atom. The molecular formula is C10H15N3O4. The Morgan fingerprint density at radius 2 is 2.35 bits per heavy atom. The molecule has 1 aliphatic rings. The molecule has 1 aliphatic heterocycles. The van der Waals surface area contributed by atoms with E-state index >= 15 is 0 Å². The maximum absolute atomic E-state index is 11.6. The van der Waals surface area contributed by atoms with Crippen molar-refractivity contribution in [3.05, 3.63) is 22.7 Å². The molecule has 7 heteroatoms. The van der Waals surface area contributed by atoms with Crippen molar-refractivity contribution >= 4 is 5.82 Å². The third-order valence-electron chi connectivity index (χ3n) is 2.81. The molecule has 4 N–H and O–H groups in total. The minimum Gasteiger partial charge on any atom is -0.394 e. The van der Waals surface area contributed by atoms with Crippen LogP contribution in [0.4, 0.5) is 5.82 Å². The van der Waals surface area contributed by atoms with E-state index in [4.69, 9.17) is 15.6 Å². The summed E-state index contributed by atoms with van der Waals surface area (Å²) in [4.78, 5) is 15.2. The molecule has 94 valence electrons. The quantitative estimate of drug-likeness (QED) is 0.603. The van der Waals surface area contributed by atoms with E-state index in [1.165, 1.54) is 16.8 Å². The fraction of sp³-hybridized carbons (Fsp3) is 0.600. The van der Waals surface area contributed by atoms with Crippen LogP contribution in [0.3, 0.4) is 0 Å². The van der Waals surface area contributed by atoms with Crippen molar-refractivity contribution in [3.63, 3.8) is 0 Å². The molecular weight excluding hydrogens is 226 g/mol. The Morgan fingerprint density at radius 1 is 1.59 bits per heavy atom. The van der Waals surface area contributed by atoms with Crippen LogP contribution < -0.4 is 11.4 Å². The Hall–Kier alpha value is -1.44. The summed E-state index contributed by atoms with van der Waals surface area (Å²) in [7, 11) is 0. The van der Waals surface area contributed by atoms with Crippen LogP contribution in [-0.2, 0) is 4.74 Å². The topological polar surface area (TPSA) is 111 Å². The highest BCUT2D eigenvalue weighted by atomic mass is 16.5. The fourth-order valence-electron chi connectivity index (χ4n) is 1.87. The summed E-state index contributed by atoms with van der Waals surface area (Å²) in [5, 5.41) is 18.6. The molecule has 1 saturated heterocycles. The molecule has 0 unspecified atom stereocenters. The standard InChI is InChI=1S/C10H15N3O4/c11-8-3-4-13(10(16)12-8)9-2-1-6(15)7(5-14)17-9/h3-4,6-7,9,14-15H,1-2,5H2,(H2,11,12,16)/t6-,7+,9+/m0/s1. The van der Waals surface area contributed by atoms with Crippen LogP contribution in [0.2, 0.25) is 0 Å². The Kier molecular flexibility index (Phi) is 3.41. The first-order valence-electron chi connectivity index (χ1n) is 5.41. The fourth-order valence-corrected chi connectivity index (χ4v) is 1.87.